The van der Waals surface area contributed by atoms with Crippen molar-refractivity contribution in [2.24, 2.45) is 7.05 Å². The molecule has 0 spiro atoms. The lowest BCUT2D eigenvalue weighted by Gasteiger charge is -2.10. The van der Waals surface area contributed by atoms with E-state index in [9.17, 15) is 4.79 Å². The molecular formula is C14H14N4O2. The van der Waals surface area contributed by atoms with Crippen LogP contribution in [-0.2, 0) is 7.05 Å². The molecule has 1 amide bonds. The van der Waals surface area contributed by atoms with Crippen molar-refractivity contribution in [3.63, 3.8) is 0 Å². The smallest absolute Gasteiger partial charge is 0.260 e. The summed E-state index contributed by atoms with van der Waals surface area (Å²) in [6, 6.07) is 7.31. The summed E-state index contributed by atoms with van der Waals surface area (Å²) >= 11 is 0. The summed E-state index contributed by atoms with van der Waals surface area (Å²) in [5.41, 5.74) is 1.67. The minimum absolute atomic E-state index is 0.312. The molecule has 1 N–H and O–H groups in total. The summed E-state index contributed by atoms with van der Waals surface area (Å²) in [5.74, 6) is 0.500. The van der Waals surface area contributed by atoms with E-state index in [1.807, 2.05) is 19.1 Å². The Morgan fingerprint density at radius 3 is 2.90 bits per heavy atom. The zero-order valence-corrected chi connectivity index (χ0v) is 11.5. The maximum Gasteiger partial charge on any atom is 0.260 e. The second-order valence-corrected chi connectivity index (χ2v) is 4.30. The number of aromatic nitrogens is 2. The molecule has 0 radical (unpaired) electrons. The Labute approximate surface area is 116 Å². The third-order valence-corrected chi connectivity index (χ3v) is 2.89. The maximum absolute atomic E-state index is 12.3. The number of aryl methyl sites for hydroxylation is 2. The average molecular weight is 270 g/mol. The number of anilines is 1. The largest absolute Gasteiger partial charge is 0.496 e. The number of benzene rings is 1. The predicted octanol–water partition coefficient (Wildman–Crippen LogP) is 1.86. The van der Waals surface area contributed by atoms with E-state index >= 15 is 0 Å². The fraction of sp³-hybridized carbons (Fsp3) is 0.214. The first kappa shape index (κ1) is 13.6. The van der Waals surface area contributed by atoms with E-state index in [0.717, 1.165) is 5.56 Å². The van der Waals surface area contributed by atoms with Crippen LogP contribution in [0, 0.1) is 18.3 Å². The van der Waals surface area contributed by atoms with E-state index < -0.39 is 0 Å². The van der Waals surface area contributed by atoms with Crippen LogP contribution in [0.2, 0.25) is 0 Å². The fourth-order valence-electron chi connectivity index (χ4n) is 1.84. The number of hydrogen-bond donors (Lipinski definition) is 1. The number of amides is 1. The van der Waals surface area contributed by atoms with Crippen LogP contribution < -0.4 is 10.1 Å². The Morgan fingerprint density at radius 1 is 1.50 bits per heavy atom. The van der Waals surface area contributed by atoms with Crippen LogP contribution in [-0.4, -0.2) is 22.8 Å². The molecule has 2 aromatic rings. The number of nitrogens with one attached hydrogen (secondary N) is 1. The molecule has 6 nitrogen and oxygen atoms in total. The minimum Gasteiger partial charge on any atom is -0.496 e. The molecule has 0 unspecified atom stereocenters. The van der Waals surface area contributed by atoms with Crippen molar-refractivity contribution in [3.8, 4) is 11.8 Å². The summed E-state index contributed by atoms with van der Waals surface area (Å²) in [7, 11) is 3.16. The van der Waals surface area contributed by atoms with E-state index in [2.05, 4.69) is 10.4 Å². The molecule has 0 atom stereocenters. The Bertz CT molecular complexity index is 698. The second-order valence-electron chi connectivity index (χ2n) is 4.30. The van der Waals surface area contributed by atoms with Gasteiger partial charge in [-0.15, -0.1) is 0 Å². The molecular weight excluding hydrogens is 256 g/mol. The average Bonchev–Trinajstić information content (AvgIpc) is 2.79. The standard InChI is InChI=1S/C14H14N4O2/c1-9-4-5-12(20-3)11(6-9)14(19)17-13-10(7-15)8-16-18(13)2/h4-6,8H,1-3H3,(H,17,19). The van der Waals surface area contributed by atoms with Gasteiger partial charge in [-0.25, -0.2) is 0 Å². The quantitative estimate of drug-likeness (QED) is 0.923. The molecule has 102 valence electrons. The van der Waals surface area contributed by atoms with E-state index in [1.165, 1.54) is 18.0 Å². The Balaban J connectivity index is 2.36. The van der Waals surface area contributed by atoms with Gasteiger partial charge in [0.2, 0.25) is 0 Å². The summed E-state index contributed by atoms with van der Waals surface area (Å²) in [5, 5.41) is 15.6. The van der Waals surface area contributed by atoms with Crippen LogP contribution in [0.25, 0.3) is 0 Å². The van der Waals surface area contributed by atoms with Crippen LogP contribution in [0.3, 0.4) is 0 Å². The molecule has 0 aliphatic heterocycles. The van der Waals surface area contributed by atoms with Gasteiger partial charge in [-0.2, -0.15) is 10.4 Å². The zero-order chi connectivity index (χ0) is 14.7. The third kappa shape index (κ3) is 2.47. The Kier molecular flexibility index (Phi) is 3.71. The Hall–Kier alpha value is -2.81. The van der Waals surface area contributed by atoms with Gasteiger partial charge >= 0.3 is 0 Å². The van der Waals surface area contributed by atoms with Crippen LogP contribution in [0.5, 0.6) is 5.75 Å². The van der Waals surface area contributed by atoms with Crippen molar-refractivity contribution in [1.29, 1.82) is 5.26 Å². The number of carbonyl (C=O) groups excluding carboxylic acids is 1. The molecule has 0 aliphatic carbocycles. The molecule has 20 heavy (non-hydrogen) atoms. The monoisotopic (exact) mass is 270 g/mol. The molecule has 0 bridgehead atoms. The number of carbonyl (C=O) groups is 1. The second kappa shape index (κ2) is 5.45. The van der Waals surface area contributed by atoms with E-state index in [0.29, 0.717) is 22.7 Å². The molecule has 1 aromatic heterocycles. The van der Waals surface area contributed by atoms with Crippen molar-refractivity contribution in [2.45, 2.75) is 6.92 Å². The van der Waals surface area contributed by atoms with E-state index in [1.54, 1.807) is 19.2 Å². The van der Waals surface area contributed by atoms with Gasteiger partial charge in [-0.3, -0.25) is 9.48 Å². The van der Waals surface area contributed by atoms with Gasteiger partial charge in [-0.05, 0) is 19.1 Å². The highest BCUT2D eigenvalue weighted by Crippen LogP contribution is 2.22. The number of methoxy groups -OCH3 is 1. The first-order chi connectivity index (χ1) is 9.56. The van der Waals surface area contributed by atoms with Crippen molar-refractivity contribution in [3.05, 3.63) is 41.1 Å². The predicted molar refractivity (Wildman–Crippen MR) is 73.6 cm³/mol. The first-order valence-corrected chi connectivity index (χ1v) is 5.95. The molecule has 0 saturated carbocycles. The molecule has 6 heteroatoms. The molecule has 2 rings (SSSR count). The summed E-state index contributed by atoms with van der Waals surface area (Å²) in [4.78, 5) is 12.3. The van der Waals surface area contributed by atoms with Crippen LogP contribution in [0.4, 0.5) is 5.82 Å². The molecule has 0 aliphatic rings. The molecule has 1 aromatic carbocycles. The number of nitrogens with zero attached hydrogens (tertiary/aromatic N) is 3. The SMILES string of the molecule is COc1ccc(C)cc1C(=O)Nc1c(C#N)cnn1C. The third-order valence-electron chi connectivity index (χ3n) is 2.89. The van der Waals surface area contributed by atoms with E-state index in [4.69, 9.17) is 10.00 Å². The Morgan fingerprint density at radius 2 is 2.25 bits per heavy atom. The number of nitriles is 1. The van der Waals surface area contributed by atoms with E-state index in [-0.39, 0.29) is 5.91 Å². The van der Waals surface area contributed by atoms with Crippen molar-refractivity contribution >= 4 is 11.7 Å². The van der Waals surface area contributed by atoms with Crippen LogP contribution in [0.15, 0.2) is 24.4 Å². The van der Waals surface area contributed by atoms with Gasteiger partial charge in [0.25, 0.3) is 5.91 Å². The number of hydrogen-bond acceptors (Lipinski definition) is 4. The van der Waals surface area contributed by atoms with Crippen molar-refractivity contribution in [1.82, 2.24) is 9.78 Å². The summed E-state index contributed by atoms with van der Waals surface area (Å²) < 4.78 is 6.62. The first-order valence-electron chi connectivity index (χ1n) is 5.95. The number of rotatable bonds is 3. The minimum atomic E-state index is -0.342. The lowest BCUT2D eigenvalue weighted by molar-refractivity contribution is 0.102. The summed E-state index contributed by atoms with van der Waals surface area (Å²) in [6.45, 7) is 1.89. The summed E-state index contributed by atoms with van der Waals surface area (Å²) in [6.07, 6.45) is 1.41. The lowest BCUT2D eigenvalue weighted by atomic mass is 10.1. The lowest BCUT2D eigenvalue weighted by Crippen LogP contribution is -2.16. The molecule has 1 heterocycles. The maximum atomic E-state index is 12.3. The van der Waals surface area contributed by atoms with Crippen molar-refractivity contribution < 1.29 is 9.53 Å². The number of ether oxygens (including phenoxy) is 1. The van der Waals surface area contributed by atoms with Crippen LogP contribution >= 0.6 is 0 Å². The highest BCUT2D eigenvalue weighted by atomic mass is 16.5. The van der Waals surface area contributed by atoms with Crippen molar-refractivity contribution in [2.75, 3.05) is 12.4 Å². The fourth-order valence-corrected chi connectivity index (χ4v) is 1.84. The topological polar surface area (TPSA) is 79.9 Å². The van der Waals surface area contributed by atoms with Gasteiger partial charge < -0.3 is 10.1 Å². The highest BCUT2D eigenvalue weighted by Gasteiger charge is 2.16. The zero-order valence-electron chi connectivity index (χ0n) is 11.5. The van der Waals surface area contributed by atoms with Gasteiger partial charge in [-0.1, -0.05) is 11.6 Å². The normalized spacial score (nSPS) is 9.90. The highest BCUT2D eigenvalue weighted by molar-refractivity contribution is 6.06. The van der Waals surface area contributed by atoms with Gasteiger partial charge in [0, 0.05) is 7.05 Å². The molecule has 0 fully saturated rings. The van der Waals surface area contributed by atoms with Gasteiger partial charge in [0.1, 0.15) is 23.2 Å². The molecule has 0 saturated heterocycles. The van der Waals surface area contributed by atoms with Crippen LogP contribution in [0.1, 0.15) is 21.5 Å². The van der Waals surface area contributed by atoms with Gasteiger partial charge in [0.05, 0.1) is 18.9 Å². The van der Waals surface area contributed by atoms with Gasteiger partial charge in [0.15, 0.2) is 0 Å².